The third-order valence-corrected chi connectivity index (χ3v) is 5.41. The molecule has 0 aliphatic rings. The first-order chi connectivity index (χ1) is 9.79. The molecule has 0 radical (unpaired) electrons. The van der Waals surface area contributed by atoms with E-state index in [0.717, 1.165) is 11.3 Å². The van der Waals surface area contributed by atoms with Gasteiger partial charge in [0, 0.05) is 11.9 Å². The highest BCUT2D eigenvalue weighted by Crippen LogP contribution is 2.27. The first-order valence-corrected chi connectivity index (χ1v) is 8.36. The molecule has 0 saturated heterocycles. The topological polar surface area (TPSA) is 101 Å². The molecule has 1 aromatic carbocycles. The summed E-state index contributed by atoms with van der Waals surface area (Å²) in [6, 6.07) is 4.89. The van der Waals surface area contributed by atoms with E-state index in [1.54, 1.807) is 25.1 Å². The van der Waals surface area contributed by atoms with Crippen LogP contribution < -0.4 is 10.0 Å². The largest absolute Gasteiger partial charge is 0.301 e. The Kier molecular flexibility index (Phi) is 4.45. The number of rotatable bonds is 4. The lowest BCUT2D eigenvalue weighted by Gasteiger charge is -2.09. The molecule has 1 amide bonds. The molecule has 0 unspecified atom stereocenters. The van der Waals surface area contributed by atoms with Crippen molar-refractivity contribution in [3.63, 3.8) is 0 Å². The average molecular weight is 347 g/mol. The minimum absolute atomic E-state index is 0.116. The molecule has 2 rings (SSSR count). The molecule has 0 fully saturated rings. The van der Waals surface area contributed by atoms with E-state index >= 15 is 0 Å². The smallest absolute Gasteiger partial charge is 0.291 e. The van der Waals surface area contributed by atoms with Gasteiger partial charge in [-0.15, -0.1) is 10.2 Å². The number of nitrogens with one attached hydrogen (secondary N) is 2. The van der Waals surface area contributed by atoms with E-state index in [1.165, 1.54) is 6.92 Å². The van der Waals surface area contributed by atoms with Gasteiger partial charge in [-0.1, -0.05) is 29.0 Å². The summed E-state index contributed by atoms with van der Waals surface area (Å²) >= 11 is 6.70. The number of amides is 1. The lowest BCUT2D eigenvalue weighted by Crippen LogP contribution is -2.13. The van der Waals surface area contributed by atoms with Gasteiger partial charge < -0.3 is 5.32 Å². The van der Waals surface area contributed by atoms with Crippen LogP contribution in [-0.4, -0.2) is 24.5 Å². The van der Waals surface area contributed by atoms with Gasteiger partial charge in [0.25, 0.3) is 14.4 Å². The highest BCUT2D eigenvalue weighted by molar-refractivity contribution is 7.94. The van der Waals surface area contributed by atoms with Gasteiger partial charge in [0.05, 0.1) is 5.69 Å². The van der Waals surface area contributed by atoms with Gasteiger partial charge in [-0.05, 0) is 24.6 Å². The second-order valence-corrected chi connectivity index (χ2v) is 7.31. The van der Waals surface area contributed by atoms with E-state index < -0.39 is 10.0 Å². The third-order valence-electron chi connectivity index (χ3n) is 2.43. The second-order valence-electron chi connectivity index (χ2n) is 4.07. The fourth-order valence-electron chi connectivity index (χ4n) is 1.43. The Balaban J connectivity index is 2.28. The van der Waals surface area contributed by atoms with Crippen molar-refractivity contribution < 1.29 is 13.2 Å². The summed E-state index contributed by atoms with van der Waals surface area (Å²) in [7, 11) is -3.88. The van der Waals surface area contributed by atoms with Gasteiger partial charge in [-0.3, -0.25) is 9.52 Å². The van der Waals surface area contributed by atoms with E-state index in [0.29, 0.717) is 16.3 Å². The van der Waals surface area contributed by atoms with Crippen molar-refractivity contribution in [2.45, 2.75) is 18.2 Å². The minimum atomic E-state index is -3.88. The number of carbonyl (C=O) groups excluding carboxylic acids is 1. The van der Waals surface area contributed by atoms with Crippen molar-refractivity contribution >= 4 is 49.7 Å². The van der Waals surface area contributed by atoms with E-state index in [4.69, 9.17) is 11.6 Å². The van der Waals surface area contributed by atoms with Gasteiger partial charge in [0.2, 0.25) is 11.0 Å². The highest BCUT2D eigenvalue weighted by Gasteiger charge is 2.21. The SMILES string of the molecule is CC(=O)Nc1nnc(S(=O)(=O)Nc2cccc(Cl)c2C)s1. The molecule has 0 bridgehead atoms. The highest BCUT2D eigenvalue weighted by atomic mass is 35.5. The van der Waals surface area contributed by atoms with Crippen LogP contribution in [0.25, 0.3) is 0 Å². The average Bonchev–Trinajstić information content (AvgIpc) is 2.83. The van der Waals surface area contributed by atoms with Crippen LogP contribution >= 0.6 is 22.9 Å². The minimum Gasteiger partial charge on any atom is -0.301 e. The summed E-state index contributed by atoms with van der Waals surface area (Å²) in [5, 5.41) is 10.1. The molecule has 2 aromatic rings. The number of halogens is 1. The maximum atomic E-state index is 12.2. The van der Waals surface area contributed by atoms with Crippen LogP contribution in [0, 0.1) is 6.92 Å². The lowest BCUT2D eigenvalue weighted by molar-refractivity contribution is -0.114. The molecule has 2 N–H and O–H groups in total. The maximum Gasteiger partial charge on any atom is 0.291 e. The fraction of sp³-hybridized carbons (Fsp3) is 0.182. The maximum absolute atomic E-state index is 12.2. The molecular formula is C11H11ClN4O3S2. The molecule has 0 atom stereocenters. The van der Waals surface area contributed by atoms with Gasteiger partial charge in [-0.25, -0.2) is 0 Å². The molecule has 1 aromatic heterocycles. The zero-order chi connectivity index (χ0) is 15.6. The number of nitrogens with zero attached hydrogens (tertiary/aromatic N) is 2. The fourth-order valence-corrected chi connectivity index (χ4v) is 3.67. The number of hydrogen-bond donors (Lipinski definition) is 2. The van der Waals surface area contributed by atoms with Crippen LogP contribution in [0.15, 0.2) is 22.5 Å². The molecule has 0 aliphatic carbocycles. The Morgan fingerprint density at radius 3 is 2.71 bits per heavy atom. The molecule has 0 saturated carbocycles. The number of anilines is 2. The second kappa shape index (κ2) is 5.96. The Hall–Kier alpha value is -1.71. The van der Waals surface area contributed by atoms with Crippen LogP contribution in [0.5, 0.6) is 0 Å². The van der Waals surface area contributed by atoms with Crippen LogP contribution in [0.1, 0.15) is 12.5 Å². The zero-order valence-electron chi connectivity index (χ0n) is 11.0. The van der Waals surface area contributed by atoms with Crippen molar-refractivity contribution in [1.82, 2.24) is 10.2 Å². The molecule has 0 aliphatic heterocycles. The van der Waals surface area contributed by atoms with Crippen molar-refractivity contribution in [3.05, 3.63) is 28.8 Å². The summed E-state index contributed by atoms with van der Waals surface area (Å²) in [5.41, 5.74) is 0.966. The van der Waals surface area contributed by atoms with Crippen molar-refractivity contribution in [2.75, 3.05) is 10.0 Å². The normalized spacial score (nSPS) is 11.2. The molecule has 0 spiro atoms. The first-order valence-electron chi connectivity index (χ1n) is 5.68. The number of aromatic nitrogens is 2. The summed E-state index contributed by atoms with van der Waals surface area (Å²) in [6.07, 6.45) is 0. The number of carbonyl (C=O) groups is 1. The van der Waals surface area contributed by atoms with Gasteiger partial charge >= 0.3 is 0 Å². The van der Waals surface area contributed by atoms with Crippen LogP contribution in [0.3, 0.4) is 0 Å². The van der Waals surface area contributed by atoms with E-state index in [9.17, 15) is 13.2 Å². The summed E-state index contributed by atoms with van der Waals surface area (Å²) in [6.45, 7) is 2.99. The summed E-state index contributed by atoms with van der Waals surface area (Å²) < 4.78 is 26.6. The van der Waals surface area contributed by atoms with Crippen molar-refractivity contribution in [1.29, 1.82) is 0 Å². The Morgan fingerprint density at radius 1 is 1.33 bits per heavy atom. The van der Waals surface area contributed by atoms with E-state index in [1.807, 2.05) is 0 Å². The number of benzene rings is 1. The predicted molar refractivity (Wildman–Crippen MR) is 81.2 cm³/mol. The number of hydrogen-bond acceptors (Lipinski definition) is 6. The zero-order valence-corrected chi connectivity index (χ0v) is 13.4. The monoisotopic (exact) mass is 346 g/mol. The van der Waals surface area contributed by atoms with Gasteiger partial charge in [0.1, 0.15) is 0 Å². The van der Waals surface area contributed by atoms with Crippen LogP contribution in [-0.2, 0) is 14.8 Å². The van der Waals surface area contributed by atoms with E-state index in [2.05, 4.69) is 20.2 Å². The van der Waals surface area contributed by atoms with Gasteiger partial charge in [-0.2, -0.15) is 8.42 Å². The molecule has 10 heteroatoms. The van der Waals surface area contributed by atoms with Crippen LogP contribution in [0.2, 0.25) is 5.02 Å². The Labute approximate surface area is 130 Å². The number of sulfonamides is 1. The lowest BCUT2D eigenvalue weighted by atomic mass is 10.2. The molecular weight excluding hydrogens is 336 g/mol. The first kappa shape index (κ1) is 15.7. The Morgan fingerprint density at radius 2 is 2.05 bits per heavy atom. The molecule has 21 heavy (non-hydrogen) atoms. The van der Waals surface area contributed by atoms with Crippen molar-refractivity contribution in [3.8, 4) is 0 Å². The van der Waals surface area contributed by atoms with Crippen molar-refractivity contribution in [2.24, 2.45) is 0 Å². The quantitative estimate of drug-likeness (QED) is 0.827. The molecule has 7 nitrogen and oxygen atoms in total. The molecule has 1 heterocycles. The third kappa shape index (κ3) is 3.69. The predicted octanol–water partition coefficient (Wildman–Crippen LogP) is 2.26. The van der Waals surface area contributed by atoms with Crippen LogP contribution in [0.4, 0.5) is 10.8 Å². The summed E-state index contributed by atoms with van der Waals surface area (Å²) in [4.78, 5) is 10.9. The summed E-state index contributed by atoms with van der Waals surface area (Å²) in [5.74, 6) is -0.353. The van der Waals surface area contributed by atoms with E-state index in [-0.39, 0.29) is 15.4 Å². The van der Waals surface area contributed by atoms with Gasteiger partial charge in [0.15, 0.2) is 0 Å². The molecule has 112 valence electrons. The Bertz CT molecular complexity index is 789. The standard InChI is InChI=1S/C11H11ClN4O3S2/c1-6-8(12)4-3-5-9(6)16-21(18,19)11-15-14-10(20-11)13-7(2)17/h3-5,16H,1-2H3,(H,13,14,17).